The Bertz CT molecular complexity index is 1450. The highest BCUT2D eigenvalue weighted by Crippen LogP contribution is 2.66. The Kier molecular flexibility index (Phi) is 5.53. The molecular formula is C28H23Cl2FN2O5. The molecular weight excluding hydrogens is 534 g/mol. The molecule has 6 rings (SSSR count). The van der Waals surface area contributed by atoms with Gasteiger partial charge in [-0.3, -0.25) is 29.0 Å². The molecule has 0 aromatic heterocycles. The van der Waals surface area contributed by atoms with Crippen LogP contribution < -0.4 is 0 Å². The van der Waals surface area contributed by atoms with Crippen LogP contribution in [-0.2, 0) is 25.7 Å². The molecule has 2 aliphatic heterocycles. The van der Waals surface area contributed by atoms with E-state index in [9.17, 15) is 28.7 Å². The number of para-hydroxylation sites is 1. The molecule has 0 unspecified atom stereocenters. The second kappa shape index (κ2) is 8.38. The van der Waals surface area contributed by atoms with Crippen LogP contribution in [0.1, 0.15) is 29.9 Å². The number of fused-ring (bicyclic) bond motifs is 4. The van der Waals surface area contributed by atoms with Crippen molar-refractivity contribution in [2.45, 2.75) is 35.1 Å². The first-order valence-corrected chi connectivity index (χ1v) is 13.0. The summed E-state index contributed by atoms with van der Waals surface area (Å²) in [5.74, 6) is -7.30. The molecule has 7 nitrogen and oxygen atoms in total. The number of carbonyl (C=O) groups excluding carboxylic acids is 4. The van der Waals surface area contributed by atoms with Gasteiger partial charge in [-0.1, -0.05) is 54.1 Å². The summed E-state index contributed by atoms with van der Waals surface area (Å²) < 4.78 is 14.5. The van der Waals surface area contributed by atoms with E-state index in [1.54, 1.807) is 6.08 Å². The van der Waals surface area contributed by atoms with Crippen LogP contribution >= 0.6 is 23.2 Å². The quantitative estimate of drug-likeness (QED) is 0.353. The maximum atomic E-state index is 14.5. The van der Waals surface area contributed by atoms with Gasteiger partial charge in [0.1, 0.15) is 0 Å². The molecule has 0 radical (unpaired) electrons. The largest absolute Gasteiger partial charge is 0.505 e. The van der Waals surface area contributed by atoms with Crippen molar-refractivity contribution in [1.29, 1.82) is 0 Å². The van der Waals surface area contributed by atoms with Crippen LogP contribution in [0.5, 0.6) is 5.75 Å². The summed E-state index contributed by atoms with van der Waals surface area (Å²) in [5, 5.41) is 10.7. The van der Waals surface area contributed by atoms with Crippen LogP contribution in [0, 0.1) is 23.6 Å². The zero-order chi connectivity index (χ0) is 27.1. The van der Waals surface area contributed by atoms with Crippen LogP contribution in [0.15, 0.2) is 60.2 Å². The van der Waals surface area contributed by atoms with E-state index in [0.29, 0.717) is 5.57 Å². The lowest BCUT2D eigenvalue weighted by Crippen LogP contribution is -2.60. The van der Waals surface area contributed by atoms with Gasteiger partial charge in [0.05, 0.1) is 18.4 Å². The van der Waals surface area contributed by atoms with Crippen LogP contribution in [0.25, 0.3) is 0 Å². The third kappa shape index (κ3) is 3.07. The Morgan fingerprint density at radius 1 is 0.974 bits per heavy atom. The van der Waals surface area contributed by atoms with E-state index in [1.165, 1.54) is 24.1 Å². The Labute approximate surface area is 227 Å². The SMILES string of the molecule is CN1C(=O)[C@]2(Cl)C[C@@H]3C(=CC[C@@H]4C(=O)N(Cc5ccccc5)C(=O)[C@@H]43)[C@H](c3cccc(F)c3O)[C@]2(Cl)C1=O. The lowest BCUT2D eigenvalue weighted by Gasteiger charge is -2.50. The Balaban J connectivity index is 1.49. The number of carbonyl (C=O) groups is 4. The summed E-state index contributed by atoms with van der Waals surface area (Å²) in [6.07, 6.45) is 1.78. The first-order chi connectivity index (χ1) is 18.0. The van der Waals surface area contributed by atoms with Crippen molar-refractivity contribution in [2.24, 2.45) is 17.8 Å². The third-order valence-electron chi connectivity index (χ3n) is 8.62. The lowest BCUT2D eigenvalue weighted by atomic mass is 9.56. The number of halogens is 3. The number of allylic oxidation sites excluding steroid dienone is 2. The van der Waals surface area contributed by atoms with Crippen LogP contribution in [0.3, 0.4) is 0 Å². The summed E-state index contributed by atoms with van der Waals surface area (Å²) in [4.78, 5) is 52.1. The summed E-state index contributed by atoms with van der Waals surface area (Å²) in [6, 6.07) is 13.0. The number of hydrogen-bond donors (Lipinski definition) is 1. The van der Waals surface area contributed by atoms with Crippen molar-refractivity contribution in [3.63, 3.8) is 0 Å². The van der Waals surface area contributed by atoms with Gasteiger partial charge in [-0.05, 0) is 30.4 Å². The van der Waals surface area contributed by atoms with E-state index in [-0.39, 0.29) is 30.9 Å². The molecule has 2 saturated heterocycles. The normalized spacial score (nSPS) is 34.3. The highest BCUT2D eigenvalue weighted by atomic mass is 35.5. The molecule has 1 N–H and O–H groups in total. The molecule has 6 atom stereocenters. The molecule has 0 bridgehead atoms. The predicted molar refractivity (Wildman–Crippen MR) is 136 cm³/mol. The minimum absolute atomic E-state index is 0.00575. The molecule has 2 heterocycles. The molecule has 2 aromatic rings. The van der Waals surface area contributed by atoms with E-state index in [4.69, 9.17) is 23.2 Å². The minimum Gasteiger partial charge on any atom is -0.505 e. The van der Waals surface area contributed by atoms with Crippen molar-refractivity contribution >= 4 is 46.8 Å². The zero-order valence-corrected chi connectivity index (χ0v) is 21.7. The lowest BCUT2D eigenvalue weighted by molar-refractivity contribution is -0.141. The monoisotopic (exact) mass is 556 g/mol. The van der Waals surface area contributed by atoms with Gasteiger partial charge >= 0.3 is 0 Å². The van der Waals surface area contributed by atoms with Crippen molar-refractivity contribution < 1.29 is 28.7 Å². The van der Waals surface area contributed by atoms with E-state index in [1.807, 2.05) is 30.3 Å². The van der Waals surface area contributed by atoms with Gasteiger partial charge < -0.3 is 5.11 Å². The smallest absolute Gasteiger partial charge is 0.253 e. The number of benzene rings is 2. The first-order valence-electron chi connectivity index (χ1n) is 12.3. The summed E-state index contributed by atoms with van der Waals surface area (Å²) >= 11 is 14.1. The maximum Gasteiger partial charge on any atom is 0.253 e. The standard InChI is InChI=1S/C28H23Cl2FN2O5/c1-32-25(37)27(29)12-18-15(21(28(27,30)26(32)38)17-8-5-9-19(31)22(17)34)10-11-16-20(18)24(36)33(23(16)35)13-14-6-3-2-4-7-14/h2-10,16,18,20-21,34H,11-13H2,1H3/t16-,18+,20-,21+,27+,28-/m0/s1. The van der Waals surface area contributed by atoms with Crippen molar-refractivity contribution in [1.82, 2.24) is 9.80 Å². The van der Waals surface area contributed by atoms with E-state index >= 15 is 0 Å². The molecule has 0 spiro atoms. The minimum atomic E-state index is -2.07. The maximum absolute atomic E-state index is 14.5. The fourth-order valence-electron chi connectivity index (χ4n) is 6.84. The fourth-order valence-corrected chi connectivity index (χ4v) is 7.85. The van der Waals surface area contributed by atoms with Gasteiger partial charge in [0.25, 0.3) is 11.8 Å². The number of hydrogen-bond acceptors (Lipinski definition) is 5. The highest BCUT2D eigenvalue weighted by molar-refractivity contribution is 6.53. The molecule has 4 amide bonds. The van der Waals surface area contributed by atoms with Crippen molar-refractivity contribution in [3.05, 3.63) is 77.1 Å². The Hall–Kier alpha value is -3.23. The molecule has 4 aliphatic rings. The number of alkyl halides is 2. The van der Waals surface area contributed by atoms with Gasteiger partial charge in [0, 0.05) is 18.5 Å². The number of amides is 4. The van der Waals surface area contributed by atoms with Gasteiger partial charge in [-0.2, -0.15) is 0 Å². The molecule has 38 heavy (non-hydrogen) atoms. The number of imide groups is 2. The van der Waals surface area contributed by atoms with Gasteiger partial charge in [-0.15, -0.1) is 23.2 Å². The molecule has 2 aromatic carbocycles. The van der Waals surface area contributed by atoms with Gasteiger partial charge in [0.15, 0.2) is 21.3 Å². The topological polar surface area (TPSA) is 95.0 Å². The van der Waals surface area contributed by atoms with Crippen molar-refractivity contribution in [2.75, 3.05) is 7.05 Å². The Morgan fingerprint density at radius 3 is 2.39 bits per heavy atom. The number of rotatable bonds is 3. The predicted octanol–water partition coefficient (Wildman–Crippen LogP) is 3.72. The molecule has 2 aliphatic carbocycles. The van der Waals surface area contributed by atoms with Crippen LogP contribution in [0.4, 0.5) is 4.39 Å². The molecule has 196 valence electrons. The van der Waals surface area contributed by atoms with E-state index in [0.717, 1.165) is 16.5 Å². The summed E-state index contributed by atoms with van der Waals surface area (Å²) in [6.45, 7) is 0.104. The summed E-state index contributed by atoms with van der Waals surface area (Å²) in [5.41, 5.74) is 1.28. The number of likely N-dealkylation sites (tertiary alicyclic amines) is 2. The molecule has 10 heteroatoms. The van der Waals surface area contributed by atoms with E-state index in [2.05, 4.69) is 0 Å². The van der Waals surface area contributed by atoms with Crippen molar-refractivity contribution in [3.8, 4) is 5.75 Å². The highest BCUT2D eigenvalue weighted by Gasteiger charge is 2.76. The number of nitrogens with zero attached hydrogens (tertiary/aromatic N) is 2. The second-order valence-electron chi connectivity index (χ2n) is 10.4. The van der Waals surface area contributed by atoms with Gasteiger partial charge in [0.2, 0.25) is 11.8 Å². The fraction of sp³-hybridized carbons (Fsp3) is 0.357. The van der Waals surface area contributed by atoms with Gasteiger partial charge in [-0.25, -0.2) is 4.39 Å². The van der Waals surface area contributed by atoms with Crippen LogP contribution in [0.2, 0.25) is 0 Å². The zero-order valence-electron chi connectivity index (χ0n) is 20.2. The average Bonchev–Trinajstić information content (AvgIpc) is 3.22. The Morgan fingerprint density at radius 2 is 1.68 bits per heavy atom. The number of aromatic hydroxyl groups is 1. The van der Waals surface area contributed by atoms with E-state index < -0.39 is 62.7 Å². The molecule has 3 fully saturated rings. The summed E-state index contributed by atoms with van der Waals surface area (Å²) in [7, 11) is 1.27. The number of phenolic OH excluding ortho intramolecular Hbond substituents is 1. The van der Waals surface area contributed by atoms with Crippen LogP contribution in [-0.4, -0.2) is 55.3 Å². The number of phenols is 1. The average molecular weight is 557 g/mol. The first kappa shape index (κ1) is 25.1. The second-order valence-corrected chi connectivity index (χ2v) is 11.7. The third-order valence-corrected chi connectivity index (χ3v) is 10.0. The molecule has 1 saturated carbocycles.